The maximum atomic E-state index is 12.7. The predicted octanol–water partition coefficient (Wildman–Crippen LogP) is 2.05. The molecule has 1 unspecified atom stereocenters. The lowest BCUT2D eigenvalue weighted by Crippen LogP contribution is -2.14. The second-order valence-electron chi connectivity index (χ2n) is 4.65. The van der Waals surface area contributed by atoms with Gasteiger partial charge in [-0.05, 0) is 18.2 Å². The number of anilines is 1. The van der Waals surface area contributed by atoms with Gasteiger partial charge >= 0.3 is 11.3 Å². The number of benzene rings is 1. The maximum Gasteiger partial charge on any atom is 0.416 e. The Hall–Kier alpha value is -2.33. The number of aromatic nitrogens is 2. The highest BCUT2D eigenvalue weighted by molar-refractivity contribution is 7.90. The van der Waals surface area contributed by atoms with Gasteiger partial charge in [0.05, 0.1) is 23.8 Å². The van der Waals surface area contributed by atoms with Crippen molar-refractivity contribution in [3.63, 3.8) is 0 Å². The first kappa shape index (κ1) is 18.0. The fraction of sp³-hybridized carbons (Fsp3) is 0.214. The number of methoxy groups -OCH3 is 1. The molecule has 0 aliphatic heterocycles. The molecular weight excluding hydrogens is 347 g/mol. The van der Waals surface area contributed by atoms with Gasteiger partial charge < -0.3 is 15.0 Å². The van der Waals surface area contributed by atoms with Crippen molar-refractivity contribution in [2.75, 3.05) is 19.1 Å². The number of alkyl halides is 3. The molecule has 128 valence electrons. The minimum atomic E-state index is -4.57. The summed E-state index contributed by atoms with van der Waals surface area (Å²) in [4.78, 5) is 20.0. The van der Waals surface area contributed by atoms with Crippen LogP contribution in [0.15, 0.2) is 29.6 Å². The van der Waals surface area contributed by atoms with Gasteiger partial charge in [-0.3, -0.25) is 4.79 Å². The third-order valence-electron chi connectivity index (χ3n) is 3.07. The van der Waals surface area contributed by atoms with Crippen LogP contribution < -0.4 is 10.5 Å². The van der Waals surface area contributed by atoms with Crippen LogP contribution >= 0.6 is 0 Å². The van der Waals surface area contributed by atoms with Gasteiger partial charge in [-0.1, -0.05) is 0 Å². The number of halogens is 3. The van der Waals surface area contributed by atoms with E-state index in [-0.39, 0.29) is 27.9 Å². The van der Waals surface area contributed by atoms with Crippen molar-refractivity contribution in [1.29, 1.82) is 0 Å². The summed E-state index contributed by atoms with van der Waals surface area (Å²) >= 11 is -1.49. The fourth-order valence-electron chi connectivity index (χ4n) is 1.89. The van der Waals surface area contributed by atoms with Crippen molar-refractivity contribution < 1.29 is 27.3 Å². The molecule has 1 atom stereocenters. The first-order valence-electron chi connectivity index (χ1n) is 6.41. The highest BCUT2D eigenvalue weighted by Crippen LogP contribution is 2.34. The summed E-state index contributed by atoms with van der Waals surface area (Å²) in [6, 6.07) is 2.48. The van der Waals surface area contributed by atoms with E-state index in [2.05, 4.69) is 9.97 Å². The minimum Gasteiger partial charge on any atom is -0.609 e. The van der Waals surface area contributed by atoms with E-state index in [4.69, 9.17) is 10.5 Å². The average Bonchev–Trinajstić information content (AvgIpc) is 2.52. The monoisotopic (exact) mass is 359 g/mol. The van der Waals surface area contributed by atoms with E-state index in [0.717, 1.165) is 31.5 Å². The first-order chi connectivity index (χ1) is 11.1. The number of nitrogen functional groups attached to an aromatic ring is 1. The molecule has 0 spiro atoms. The van der Waals surface area contributed by atoms with Gasteiger partial charge in [0, 0.05) is 17.4 Å². The van der Waals surface area contributed by atoms with Gasteiger partial charge in [-0.2, -0.15) is 23.1 Å². The lowest BCUT2D eigenvalue weighted by atomic mass is 10.0. The molecule has 2 aromatic rings. The number of hydrogen-bond donors (Lipinski definition) is 1. The van der Waals surface area contributed by atoms with Crippen LogP contribution in [0.4, 0.5) is 19.0 Å². The molecule has 1 heterocycles. The first-order valence-corrected chi connectivity index (χ1v) is 7.96. The lowest BCUT2D eigenvalue weighted by Gasteiger charge is -2.12. The number of ether oxygens (including phenoxy) is 1. The molecule has 0 aliphatic carbocycles. The molecule has 0 saturated heterocycles. The Morgan fingerprint density at radius 2 is 2.00 bits per heavy atom. The standard InChI is InChI=1S/C14H12F3N3O3S/c1-23-10-5-7(14(15,16)17)3-4-8(10)11(21)9-6-19-13(24(2)22)20-12(9)18/h3-6H,1-2H3,(H2,18,19,20). The number of nitrogens with zero attached hydrogens (tertiary/aromatic N) is 2. The van der Waals surface area contributed by atoms with Crippen LogP contribution in [-0.4, -0.2) is 33.7 Å². The summed E-state index contributed by atoms with van der Waals surface area (Å²) in [5, 5.41) is -0.0524. The van der Waals surface area contributed by atoms with Gasteiger partial charge in [0.25, 0.3) is 0 Å². The van der Waals surface area contributed by atoms with Crippen LogP contribution in [0.2, 0.25) is 0 Å². The maximum absolute atomic E-state index is 12.7. The molecule has 0 aliphatic rings. The van der Waals surface area contributed by atoms with E-state index < -0.39 is 28.7 Å². The highest BCUT2D eigenvalue weighted by atomic mass is 32.2. The van der Waals surface area contributed by atoms with E-state index in [0.29, 0.717) is 0 Å². The molecule has 0 amide bonds. The Morgan fingerprint density at radius 3 is 2.50 bits per heavy atom. The number of ketones is 1. The molecule has 1 aromatic heterocycles. The molecule has 0 fully saturated rings. The average molecular weight is 359 g/mol. The summed E-state index contributed by atoms with van der Waals surface area (Å²) in [5.41, 5.74) is 4.47. The molecule has 0 bridgehead atoms. The quantitative estimate of drug-likeness (QED) is 0.509. The molecule has 6 nitrogen and oxygen atoms in total. The van der Waals surface area contributed by atoms with E-state index in [9.17, 15) is 22.5 Å². The Kier molecular flexibility index (Phi) is 4.99. The summed E-state index contributed by atoms with van der Waals surface area (Å²) in [5.74, 6) is -1.17. The van der Waals surface area contributed by atoms with Crippen molar-refractivity contribution >= 4 is 22.8 Å². The Balaban J connectivity index is 2.47. The Bertz CT molecular complexity index is 782. The zero-order chi connectivity index (χ0) is 18.1. The van der Waals surface area contributed by atoms with Crippen LogP contribution in [0, 0.1) is 0 Å². The van der Waals surface area contributed by atoms with Gasteiger partial charge in [0.15, 0.2) is 0 Å². The largest absolute Gasteiger partial charge is 0.609 e. The number of nitrogens with two attached hydrogens (primary N) is 1. The van der Waals surface area contributed by atoms with Crippen LogP contribution in [0.3, 0.4) is 0 Å². The topological polar surface area (TPSA) is 101 Å². The molecule has 10 heteroatoms. The molecule has 2 N–H and O–H groups in total. The minimum absolute atomic E-state index is 0.0524. The van der Waals surface area contributed by atoms with E-state index in [1.807, 2.05) is 0 Å². The highest BCUT2D eigenvalue weighted by Gasteiger charge is 2.32. The second kappa shape index (κ2) is 6.65. The van der Waals surface area contributed by atoms with Crippen molar-refractivity contribution in [2.45, 2.75) is 11.3 Å². The van der Waals surface area contributed by atoms with E-state index >= 15 is 0 Å². The third kappa shape index (κ3) is 3.60. The second-order valence-corrected chi connectivity index (χ2v) is 5.92. The predicted molar refractivity (Wildman–Crippen MR) is 80.2 cm³/mol. The van der Waals surface area contributed by atoms with Crippen molar-refractivity contribution in [3.8, 4) is 5.75 Å². The van der Waals surface area contributed by atoms with E-state index in [1.54, 1.807) is 0 Å². The Morgan fingerprint density at radius 1 is 1.33 bits per heavy atom. The smallest absolute Gasteiger partial charge is 0.416 e. The van der Waals surface area contributed by atoms with Crippen molar-refractivity contribution in [1.82, 2.24) is 9.97 Å². The number of carbonyl (C=O) groups excluding carboxylic acids is 1. The molecule has 24 heavy (non-hydrogen) atoms. The van der Waals surface area contributed by atoms with Gasteiger partial charge in [0.2, 0.25) is 5.78 Å². The van der Waals surface area contributed by atoms with E-state index in [1.165, 1.54) is 6.26 Å². The molecule has 2 rings (SSSR count). The Labute approximate surface area is 138 Å². The molecule has 0 radical (unpaired) electrons. The van der Waals surface area contributed by atoms with Crippen molar-refractivity contribution in [2.24, 2.45) is 0 Å². The van der Waals surface area contributed by atoms with Crippen LogP contribution in [0.25, 0.3) is 0 Å². The normalized spacial score (nSPS) is 12.8. The van der Waals surface area contributed by atoms with Crippen LogP contribution in [0.1, 0.15) is 21.5 Å². The molecule has 0 saturated carbocycles. The summed E-state index contributed by atoms with van der Waals surface area (Å²) in [6.07, 6.45) is -2.14. The van der Waals surface area contributed by atoms with Crippen LogP contribution in [0.5, 0.6) is 5.75 Å². The zero-order valence-corrected chi connectivity index (χ0v) is 13.4. The summed E-state index contributed by atoms with van der Waals surface area (Å²) in [6.45, 7) is 0. The number of rotatable bonds is 4. The molecule has 1 aromatic carbocycles. The summed E-state index contributed by atoms with van der Waals surface area (Å²) in [7, 11) is 1.15. The van der Waals surface area contributed by atoms with Crippen LogP contribution in [-0.2, 0) is 17.4 Å². The zero-order valence-electron chi connectivity index (χ0n) is 12.5. The molecular formula is C14H12F3N3O3S. The number of carbonyl (C=O) groups is 1. The van der Waals surface area contributed by atoms with Crippen molar-refractivity contribution in [3.05, 3.63) is 41.1 Å². The summed E-state index contributed by atoms with van der Waals surface area (Å²) < 4.78 is 54.4. The van der Waals surface area contributed by atoms with Gasteiger partial charge in [-0.15, -0.1) is 0 Å². The fourth-order valence-corrected chi connectivity index (χ4v) is 2.32. The van der Waals surface area contributed by atoms with Gasteiger partial charge in [0.1, 0.15) is 17.8 Å². The third-order valence-corrected chi connectivity index (χ3v) is 3.78. The lowest BCUT2D eigenvalue weighted by molar-refractivity contribution is -0.137. The number of hydrogen-bond acceptors (Lipinski definition) is 6. The van der Waals surface area contributed by atoms with Gasteiger partial charge in [-0.25, -0.2) is 0 Å². The SMILES string of the molecule is COc1cc(C(F)(F)F)ccc1C(=O)c1cnc([S+](C)[O-])nc1N.